The van der Waals surface area contributed by atoms with Crippen LogP contribution < -0.4 is 21.3 Å². The molecule has 1 heterocycles. The predicted molar refractivity (Wildman–Crippen MR) is 96.1 cm³/mol. The standard InChI is InChI=1S/C17H21N5O4/c1-2-3-13(16(24)25)21-17(26)20-12-8-9-22(15(12)23)11-6-4-10(5-7-11)14(18)19/h2,4-7,12-13H,1,3,8-9H2,(H3,18,19)(H,24,25)(H2,20,21,26)/t12?,13-/m0/s1. The molecule has 1 aromatic carbocycles. The zero-order valence-electron chi connectivity index (χ0n) is 14.1. The van der Waals surface area contributed by atoms with Crippen molar-refractivity contribution < 1.29 is 19.5 Å². The first kappa shape index (κ1) is 19.0. The lowest BCUT2D eigenvalue weighted by Gasteiger charge is -2.19. The lowest BCUT2D eigenvalue weighted by Crippen LogP contribution is -2.50. The van der Waals surface area contributed by atoms with Crippen LogP contribution in [0.5, 0.6) is 0 Å². The summed E-state index contributed by atoms with van der Waals surface area (Å²) < 4.78 is 0. The van der Waals surface area contributed by atoms with E-state index in [2.05, 4.69) is 17.2 Å². The van der Waals surface area contributed by atoms with Gasteiger partial charge < -0.3 is 26.4 Å². The second-order valence-electron chi connectivity index (χ2n) is 5.82. The Morgan fingerprint density at radius 3 is 2.62 bits per heavy atom. The average Bonchev–Trinajstić information content (AvgIpc) is 2.95. The summed E-state index contributed by atoms with van der Waals surface area (Å²) in [5, 5.41) is 21.2. The smallest absolute Gasteiger partial charge is 0.326 e. The van der Waals surface area contributed by atoms with Crippen LogP contribution in [0.25, 0.3) is 0 Å². The van der Waals surface area contributed by atoms with Gasteiger partial charge in [-0.3, -0.25) is 10.2 Å². The van der Waals surface area contributed by atoms with Gasteiger partial charge in [0.15, 0.2) is 0 Å². The van der Waals surface area contributed by atoms with E-state index in [0.29, 0.717) is 24.2 Å². The van der Waals surface area contributed by atoms with Gasteiger partial charge in [0.2, 0.25) is 5.91 Å². The lowest BCUT2D eigenvalue weighted by atomic mass is 10.2. The number of carboxylic acids is 1. The third-order valence-electron chi connectivity index (χ3n) is 4.01. The molecule has 1 aliphatic rings. The van der Waals surface area contributed by atoms with Gasteiger partial charge in [-0.15, -0.1) is 6.58 Å². The van der Waals surface area contributed by atoms with Crippen molar-refractivity contribution >= 4 is 29.4 Å². The maximum absolute atomic E-state index is 12.5. The van der Waals surface area contributed by atoms with E-state index in [-0.39, 0.29) is 18.2 Å². The van der Waals surface area contributed by atoms with E-state index in [1.807, 2.05) is 0 Å². The Bertz CT molecular complexity index is 731. The maximum atomic E-state index is 12.5. The van der Waals surface area contributed by atoms with Crippen molar-refractivity contribution in [1.82, 2.24) is 10.6 Å². The van der Waals surface area contributed by atoms with Crippen LogP contribution in [0.1, 0.15) is 18.4 Å². The van der Waals surface area contributed by atoms with Crippen LogP contribution in [0.4, 0.5) is 10.5 Å². The summed E-state index contributed by atoms with van der Waals surface area (Å²) in [7, 11) is 0. The number of nitrogen functional groups attached to an aromatic ring is 1. The maximum Gasteiger partial charge on any atom is 0.326 e. The van der Waals surface area contributed by atoms with Crippen LogP contribution in [0.3, 0.4) is 0 Å². The van der Waals surface area contributed by atoms with Gasteiger partial charge in [-0.1, -0.05) is 6.08 Å². The molecule has 6 N–H and O–H groups in total. The number of carboxylic acid groups (broad SMARTS) is 1. The van der Waals surface area contributed by atoms with Crippen molar-refractivity contribution in [3.63, 3.8) is 0 Å². The van der Waals surface area contributed by atoms with Crippen molar-refractivity contribution in [3.8, 4) is 0 Å². The molecule has 9 heteroatoms. The highest BCUT2D eigenvalue weighted by Crippen LogP contribution is 2.22. The van der Waals surface area contributed by atoms with Crippen LogP contribution in [0.2, 0.25) is 0 Å². The van der Waals surface area contributed by atoms with Crippen molar-refractivity contribution in [2.75, 3.05) is 11.4 Å². The molecule has 0 aliphatic carbocycles. The third-order valence-corrected chi connectivity index (χ3v) is 4.01. The SMILES string of the molecule is C=CC[C@H](NC(=O)NC1CCN(c2ccc(C(=N)N)cc2)C1=O)C(=O)O. The molecule has 1 fully saturated rings. The van der Waals surface area contributed by atoms with Gasteiger partial charge in [-0.25, -0.2) is 9.59 Å². The van der Waals surface area contributed by atoms with E-state index in [1.54, 1.807) is 24.3 Å². The second kappa shape index (κ2) is 8.15. The Balaban J connectivity index is 1.97. The highest BCUT2D eigenvalue weighted by atomic mass is 16.4. The molecule has 26 heavy (non-hydrogen) atoms. The number of anilines is 1. The average molecular weight is 359 g/mol. The van der Waals surface area contributed by atoms with Gasteiger partial charge in [0.1, 0.15) is 17.9 Å². The second-order valence-corrected chi connectivity index (χ2v) is 5.82. The Morgan fingerprint density at radius 2 is 2.08 bits per heavy atom. The van der Waals surface area contributed by atoms with Gasteiger partial charge in [-0.2, -0.15) is 0 Å². The predicted octanol–water partition coefficient (Wildman–Crippen LogP) is 0.404. The fourth-order valence-corrected chi connectivity index (χ4v) is 2.64. The molecule has 0 spiro atoms. The first-order valence-corrected chi connectivity index (χ1v) is 8.00. The van der Waals surface area contributed by atoms with E-state index in [0.717, 1.165) is 0 Å². The Hall–Kier alpha value is -3.36. The molecule has 0 aromatic heterocycles. The van der Waals surface area contributed by atoms with E-state index < -0.39 is 24.1 Å². The van der Waals surface area contributed by atoms with Gasteiger partial charge in [0.25, 0.3) is 0 Å². The summed E-state index contributed by atoms with van der Waals surface area (Å²) in [6.45, 7) is 3.86. The number of carbonyl (C=O) groups is 3. The van der Waals surface area contributed by atoms with E-state index in [4.69, 9.17) is 16.2 Å². The third kappa shape index (κ3) is 4.38. The fourth-order valence-electron chi connectivity index (χ4n) is 2.64. The number of carbonyl (C=O) groups excluding carboxylic acids is 2. The molecule has 1 unspecified atom stereocenters. The van der Waals surface area contributed by atoms with Crippen LogP contribution in [0, 0.1) is 5.41 Å². The number of amidine groups is 1. The number of amides is 3. The molecule has 1 saturated heterocycles. The normalized spacial score (nSPS) is 17.5. The summed E-state index contributed by atoms with van der Waals surface area (Å²) in [5.41, 5.74) is 6.60. The quantitative estimate of drug-likeness (QED) is 0.271. The highest BCUT2D eigenvalue weighted by molar-refractivity contribution is 6.02. The van der Waals surface area contributed by atoms with Crippen LogP contribution >= 0.6 is 0 Å². The first-order valence-electron chi connectivity index (χ1n) is 8.00. The largest absolute Gasteiger partial charge is 0.480 e. The molecule has 2 rings (SSSR count). The summed E-state index contributed by atoms with van der Waals surface area (Å²) in [5.74, 6) is -1.52. The molecule has 0 saturated carbocycles. The van der Waals surface area contributed by atoms with Gasteiger partial charge in [0, 0.05) is 17.8 Å². The van der Waals surface area contributed by atoms with E-state index in [9.17, 15) is 14.4 Å². The minimum atomic E-state index is -1.18. The molecule has 1 aromatic rings. The van der Waals surface area contributed by atoms with Crippen molar-refractivity contribution in [2.24, 2.45) is 5.73 Å². The Kier molecular flexibility index (Phi) is 5.94. The molecule has 2 atom stereocenters. The van der Waals surface area contributed by atoms with Gasteiger partial charge in [-0.05, 0) is 37.1 Å². The van der Waals surface area contributed by atoms with Crippen LogP contribution in [-0.4, -0.2) is 47.5 Å². The molecular weight excluding hydrogens is 338 g/mol. The van der Waals surface area contributed by atoms with Crippen LogP contribution in [-0.2, 0) is 9.59 Å². The first-order chi connectivity index (χ1) is 12.3. The Labute approximate surface area is 150 Å². The molecule has 0 radical (unpaired) electrons. The molecule has 1 aliphatic heterocycles. The summed E-state index contributed by atoms with van der Waals surface area (Å²) in [4.78, 5) is 37.0. The van der Waals surface area contributed by atoms with E-state index >= 15 is 0 Å². The molecule has 138 valence electrons. The monoisotopic (exact) mass is 359 g/mol. The summed E-state index contributed by atoms with van der Waals surface area (Å²) in [6.07, 6.45) is 1.88. The molecule has 3 amide bonds. The van der Waals surface area contributed by atoms with Crippen molar-refractivity contribution in [2.45, 2.75) is 24.9 Å². The molecule has 9 nitrogen and oxygen atoms in total. The number of benzene rings is 1. The molecule has 0 bridgehead atoms. The zero-order valence-corrected chi connectivity index (χ0v) is 14.1. The topological polar surface area (TPSA) is 149 Å². The number of nitrogens with two attached hydrogens (primary N) is 1. The number of hydrogen-bond acceptors (Lipinski definition) is 4. The zero-order chi connectivity index (χ0) is 19.3. The summed E-state index contributed by atoms with van der Waals surface area (Å²) in [6, 6.07) is 4.10. The number of urea groups is 1. The summed E-state index contributed by atoms with van der Waals surface area (Å²) >= 11 is 0. The minimum Gasteiger partial charge on any atom is -0.480 e. The Morgan fingerprint density at radius 1 is 1.42 bits per heavy atom. The fraction of sp³-hybridized carbons (Fsp3) is 0.294. The number of nitrogens with zero attached hydrogens (tertiary/aromatic N) is 1. The number of rotatable bonds is 7. The van der Waals surface area contributed by atoms with Crippen molar-refractivity contribution in [3.05, 3.63) is 42.5 Å². The van der Waals surface area contributed by atoms with Gasteiger partial charge in [0.05, 0.1) is 0 Å². The number of nitrogens with one attached hydrogen (secondary N) is 3. The molecular formula is C17H21N5O4. The number of aliphatic carboxylic acids is 1. The van der Waals surface area contributed by atoms with Gasteiger partial charge >= 0.3 is 12.0 Å². The lowest BCUT2D eigenvalue weighted by molar-refractivity contribution is -0.139. The van der Waals surface area contributed by atoms with Crippen molar-refractivity contribution in [1.29, 1.82) is 5.41 Å². The van der Waals surface area contributed by atoms with Crippen LogP contribution in [0.15, 0.2) is 36.9 Å². The minimum absolute atomic E-state index is 0.0620. The highest BCUT2D eigenvalue weighted by Gasteiger charge is 2.34. The number of hydrogen-bond donors (Lipinski definition) is 5. The van der Waals surface area contributed by atoms with E-state index in [1.165, 1.54) is 11.0 Å².